The molecule has 2 heteroatoms. The van der Waals surface area contributed by atoms with E-state index in [0.717, 1.165) is 11.6 Å². The first-order chi connectivity index (χ1) is 12.2. The minimum Gasteiger partial charge on any atom is -0.478 e. The number of rotatable bonds is 5. The molecule has 0 amide bonds. The quantitative estimate of drug-likeness (QED) is 0.530. The van der Waals surface area contributed by atoms with Crippen LogP contribution >= 0.6 is 0 Å². The zero-order chi connectivity index (χ0) is 21.0. The minimum atomic E-state index is -2.49. The topological polar surface area (TPSA) is 37.3 Å². The number of carboxylic acid groups (broad SMARTS) is 1. The van der Waals surface area contributed by atoms with E-state index in [0.29, 0.717) is 17.6 Å². The van der Waals surface area contributed by atoms with E-state index >= 15 is 0 Å². The summed E-state index contributed by atoms with van der Waals surface area (Å²) in [5.41, 5.74) is 1.43. The molecule has 0 aromatic heterocycles. The van der Waals surface area contributed by atoms with E-state index in [-0.39, 0.29) is 12.0 Å². The van der Waals surface area contributed by atoms with Crippen molar-refractivity contribution >= 4 is 5.97 Å². The van der Waals surface area contributed by atoms with Crippen molar-refractivity contribution in [2.75, 3.05) is 0 Å². The zero-order valence-corrected chi connectivity index (χ0v) is 13.7. The summed E-state index contributed by atoms with van der Waals surface area (Å²) in [6.07, 6.45) is 8.67. The fraction of sp³-hybridized carbons (Fsp3) is 0.450. The molecule has 0 bridgehead atoms. The first-order valence-electron chi connectivity index (χ1n) is 9.87. The molecular formula is C20H28O2. The SMILES string of the molecule is [2H]C([2H])([2H])C1=C(/C=C/C(C)=C/C=C/C(C)=C/C(=O)O)C(C)(C)CCC1([2H])[2H]. The number of hydrogen-bond acceptors (Lipinski definition) is 1. The molecule has 0 aromatic rings. The van der Waals surface area contributed by atoms with E-state index in [1.807, 2.05) is 20.8 Å². The first kappa shape index (κ1) is 11.7. The van der Waals surface area contributed by atoms with Gasteiger partial charge in [0.2, 0.25) is 0 Å². The van der Waals surface area contributed by atoms with Gasteiger partial charge in [0.05, 0.1) is 0 Å². The molecule has 0 heterocycles. The molecule has 1 aliphatic carbocycles. The molecular weight excluding hydrogens is 272 g/mol. The average Bonchev–Trinajstić information content (AvgIpc) is 2.46. The average molecular weight is 305 g/mol. The Morgan fingerprint density at radius 1 is 1.32 bits per heavy atom. The Balaban J connectivity index is 3.24. The van der Waals surface area contributed by atoms with E-state index in [4.69, 9.17) is 12.0 Å². The molecule has 22 heavy (non-hydrogen) atoms. The molecule has 1 aliphatic rings. The van der Waals surface area contributed by atoms with Gasteiger partial charge in [-0.15, -0.1) is 0 Å². The summed E-state index contributed by atoms with van der Waals surface area (Å²) in [7, 11) is 0. The predicted octanol–water partition coefficient (Wildman–Crippen LogP) is 5.60. The molecule has 0 fully saturated rings. The van der Waals surface area contributed by atoms with Crippen molar-refractivity contribution in [2.24, 2.45) is 5.41 Å². The summed E-state index contributed by atoms with van der Waals surface area (Å²) < 4.78 is 39.8. The van der Waals surface area contributed by atoms with Crippen molar-refractivity contribution in [3.05, 3.63) is 58.7 Å². The maximum atomic E-state index is 10.6. The Kier molecular flexibility index (Phi) is 4.24. The molecule has 1 N–H and O–H groups in total. The molecule has 120 valence electrons. The summed E-state index contributed by atoms with van der Waals surface area (Å²) >= 11 is 0. The minimum absolute atomic E-state index is 0.105. The highest BCUT2D eigenvalue weighted by Crippen LogP contribution is 2.40. The highest BCUT2D eigenvalue weighted by Gasteiger charge is 2.26. The second-order valence-corrected chi connectivity index (χ2v) is 6.18. The van der Waals surface area contributed by atoms with Crippen LogP contribution in [0.1, 0.15) is 60.6 Å². The summed E-state index contributed by atoms with van der Waals surface area (Å²) in [6, 6.07) is 0. The fourth-order valence-corrected chi connectivity index (χ4v) is 2.24. The van der Waals surface area contributed by atoms with Gasteiger partial charge in [-0.2, -0.15) is 0 Å². The molecule has 0 aromatic carbocycles. The summed E-state index contributed by atoms with van der Waals surface area (Å²) in [6.45, 7) is 4.91. The van der Waals surface area contributed by atoms with Crippen LogP contribution in [0.4, 0.5) is 0 Å². The van der Waals surface area contributed by atoms with E-state index in [1.165, 1.54) is 0 Å². The summed E-state index contributed by atoms with van der Waals surface area (Å²) in [5.74, 6) is -1.00. The van der Waals surface area contributed by atoms with Crippen LogP contribution in [0.3, 0.4) is 0 Å². The first-order valence-corrected chi connectivity index (χ1v) is 7.37. The monoisotopic (exact) mass is 305 g/mol. The standard InChI is InChI=1S/C20H28O2/c1-15(8-6-9-16(2)14-19(21)22)11-12-18-17(3)10-7-13-20(18,4)5/h6,8-9,11-12,14H,7,10,13H2,1-5H3,(H,21,22)/b9-6+,12-11+,15-8+,16-14+/i3D3,10D2. The second-order valence-electron chi connectivity index (χ2n) is 6.18. The Bertz CT molecular complexity index is 732. The van der Waals surface area contributed by atoms with Crippen molar-refractivity contribution in [3.63, 3.8) is 0 Å². The van der Waals surface area contributed by atoms with Crippen molar-refractivity contribution in [2.45, 2.75) is 53.8 Å². The lowest BCUT2D eigenvalue weighted by atomic mass is 9.72. The highest BCUT2D eigenvalue weighted by atomic mass is 16.4. The predicted molar refractivity (Wildman–Crippen MR) is 93.8 cm³/mol. The van der Waals surface area contributed by atoms with Gasteiger partial charge >= 0.3 is 5.97 Å². The van der Waals surface area contributed by atoms with Gasteiger partial charge in [0.1, 0.15) is 0 Å². The third-order valence-corrected chi connectivity index (χ3v) is 3.63. The Morgan fingerprint density at radius 2 is 2.05 bits per heavy atom. The number of aliphatic carboxylic acids is 1. The van der Waals surface area contributed by atoms with E-state index in [9.17, 15) is 4.79 Å². The lowest BCUT2D eigenvalue weighted by Crippen LogP contribution is -2.19. The number of carboxylic acids is 1. The highest BCUT2D eigenvalue weighted by molar-refractivity contribution is 5.81. The van der Waals surface area contributed by atoms with Crippen LogP contribution < -0.4 is 0 Å². The Morgan fingerprint density at radius 3 is 2.68 bits per heavy atom. The van der Waals surface area contributed by atoms with Gasteiger partial charge in [0.15, 0.2) is 0 Å². The molecule has 0 saturated carbocycles. The van der Waals surface area contributed by atoms with Gasteiger partial charge in [-0.1, -0.05) is 55.4 Å². The van der Waals surface area contributed by atoms with Crippen LogP contribution in [0.15, 0.2) is 58.7 Å². The van der Waals surface area contributed by atoms with Crippen LogP contribution in [0.5, 0.6) is 0 Å². The van der Waals surface area contributed by atoms with Crippen molar-refractivity contribution in [3.8, 4) is 0 Å². The largest absolute Gasteiger partial charge is 0.478 e. The van der Waals surface area contributed by atoms with Gasteiger partial charge in [-0.25, -0.2) is 4.79 Å². The summed E-state index contributed by atoms with van der Waals surface area (Å²) in [5, 5.41) is 8.68. The Labute approximate surface area is 141 Å². The van der Waals surface area contributed by atoms with Crippen LogP contribution in [0.25, 0.3) is 0 Å². The number of allylic oxidation sites excluding steroid dienone is 9. The summed E-state index contributed by atoms with van der Waals surface area (Å²) in [4.78, 5) is 10.6. The molecule has 1 rings (SSSR count). The van der Waals surface area contributed by atoms with Gasteiger partial charge in [-0.05, 0) is 56.5 Å². The van der Waals surface area contributed by atoms with Gasteiger partial charge < -0.3 is 5.11 Å². The lowest BCUT2D eigenvalue weighted by molar-refractivity contribution is -0.131. The van der Waals surface area contributed by atoms with Crippen molar-refractivity contribution in [1.29, 1.82) is 0 Å². The third-order valence-electron chi connectivity index (χ3n) is 3.63. The molecule has 0 unspecified atom stereocenters. The van der Waals surface area contributed by atoms with E-state index in [1.54, 1.807) is 37.3 Å². The zero-order valence-electron chi connectivity index (χ0n) is 18.7. The Hall–Kier alpha value is -1.83. The fourth-order valence-electron chi connectivity index (χ4n) is 2.24. The normalized spacial score (nSPS) is 26.5. The second kappa shape index (κ2) is 7.98. The van der Waals surface area contributed by atoms with Crippen molar-refractivity contribution in [1.82, 2.24) is 0 Å². The van der Waals surface area contributed by atoms with Crippen LogP contribution in [0.2, 0.25) is 0 Å². The molecule has 0 radical (unpaired) electrons. The smallest absolute Gasteiger partial charge is 0.328 e. The van der Waals surface area contributed by atoms with Gasteiger partial charge in [0, 0.05) is 12.9 Å². The number of carbonyl (C=O) groups is 1. The molecule has 0 spiro atoms. The van der Waals surface area contributed by atoms with E-state index in [2.05, 4.69) is 0 Å². The molecule has 2 nitrogen and oxygen atoms in total. The van der Waals surface area contributed by atoms with Gasteiger partial charge in [0.25, 0.3) is 0 Å². The number of hydrogen-bond donors (Lipinski definition) is 1. The van der Waals surface area contributed by atoms with E-state index < -0.39 is 24.6 Å². The molecule has 0 aliphatic heterocycles. The molecule has 0 atom stereocenters. The van der Waals surface area contributed by atoms with Crippen LogP contribution in [-0.4, -0.2) is 11.1 Å². The molecule has 0 saturated heterocycles. The van der Waals surface area contributed by atoms with Gasteiger partial charge in [-0.3, -0.25) is 0 Å². The van der Waals surface area contributed by atoms with Crippen LogP contribution in [0, 0.1) is 5.41 Å². The maximum Gasteiger partial charge on any atom is 0.328 e. The lowest BCUT2D eigenvalue weighted by Gasteiger charge is -2.32. The van der Waals surface area contributed by atoms with Crippen molar-refractivity contribution < 1.29 is 16.8 Å². The van der Waals surface area contributed by atoms with Crippen LogP contribution in [-0.2, 0) is 4.79 Å². The maximum absolute atomic E-state index is 10.6. The third kappa shape index (κ3) is 5.88.